The summed E-state index contributed by atoms with van der Waals surface area (Å²) in [5.74, 6) is -0.367. The lowest BCUT2D eigenvalue weighted by Crippen LogP contribution is -2.31. The Labute approximate surface area is 164 Å². The van der Waals surface area contributed by atoms with E-state index in [-0.39, 0.29) is 11.9 Å². The first-order valence-corrected chi connectivity index (χ1v) is 9.78. The highest BCUT2D eigenvalue weighted by atomic mass is 16.5. The molecule has 3 aliphatic rings. The Morgan fingerprint density at radius 2 is 1.64 bits per heavy atom. The number of cyclic esters (lactones) is 1. The standard InChI is InChI=1S/C24H21NO3/c1-25-19-14-8-7-13-18(19)21(23(25)26)20-16-11-5-6-12-17(16)24(27)28-22(20)15-9-3-2-4-10-15/h5-9,11-14,22H,2-4,10H2,1H3/b21-20-. The van der Waals surface area contributed by atoms with Gasteiger partial charge in [-0.3, -0.25) is 4.79 Å². The maximum Gasteiger partial charge on any atom is 0.339 e. The maximum absolute atomic E-state index is 13.3. The van der Waals surface area contributed by atoms with Crippen LogP contribution in [0.4, 0.5) is 5.69 Å². The molecule has 0 saturated heterocycles. The van der Waals surface area contributed by atoms with Crippen molar-refractivity contribution in [2.45, 2.75) is 31.8 Å². The van der Waals surface area contributed by atoms with Gasteiger partial charge in [0.2, 0.25) is 0 Å². The zero-order chi connectivity index (χ0) is 19.3. The first kappa shape index (κ1) is 17.0. The molecule has 1 unspecified atom stereocenters. The number of carbonyl (C=O) groups excluding carboxylic acids is 2. The summed E-state index contributed by atoms with van der Waals surface area (Å²) in [7, 11) is 1.80. The third-order valence-corrected chi connectivity index (χ3v) is 5.91. The normalized spacial score (nSPS) is 23.8. The number of esters is 1. The number of allylic oxidation sites excluding steroid dienone is 1. The van der Waals surface area contributed by atoms with Crippen molar-refractivity contribution in [1.29, 1.82) is 0 Å². The molecule has 0 radical (unpaired) electrons. The van der Waals surface area contributed by atoms with Gasteiger partial charge in [-0.05, 0) is 49.0 Å². The molecule has 4 nitrogen and oxygen atoms in total. The smallest absolute Gasteiger partial charge is 0.339 e. The number of carbonyl (C=O) groups is 2. The van der Waals surface area contributed by atoms with Gasteiger partial charge >= 0.3 is 5.97 Å². The molecule has 0 saturated carbocycles. The van der Waals surface area contributed by atoms with Crippen molar-refractivity contribution in [1.82, 2.24) is 0 Å². The molecule has 0 fully saturated rings. The fourth-order valence-electron chi connectivity index (χ4n) is 4.52. The van der Waals surface area contributed by atoms with Gasteiger partial charge in [-0.25, -0.2) is 4.79 Å². The van der Waals surface area contributed by atoms with E-state index in [4.69, 9.17) is 4.74 Å². The van der Waals surface area contributed by atoms with Crippen LogP contribution in [0.25, 0.3) is 11.1 Å². The molecule has 28 heavy (non-hydrogen) atoms. The minimum atomic E-state index is -0.499. The molecular weight excluding hydrogens is 350 g/mol. The third-order valence-electron chi connectivity index (χ3n) is 5.91. The summed E-state index contributed by atoms with van der Waals surface area (Å²) >= 11 is 0. The van der Waals surface area contributed by atoms with E-state index in [0.29, 0.717) is 11.1 Å². The van der Waals surface area contributed by atoms with E-state index in [9.17, 15) is 9.59 Å². The fourth-order valence-corrected chi connectivity index (χ4v) is 4.52. The second-order valence-corrected chi connectivity index (χ2v) is 7.53. The largest absolute Gasteiger partial charge is 0.449 e. The Bertz CT molecular complexity index is 1060. The molecule has 2 aliphatic heterocycles. The predicted octanol–water partition coefficient (Wildman–Crippen LogP) is 4.61. The van der Waals surface area contributed by atoms with Crippen LogP contribution in [-0.4, -0.2) is 25.0 Å². The average Bonchev–Trinajstić information content (AvgIpc) is 2.99. The Morgan fingerprint density at radius 1 is 0.929 bits per heavy atom. The molecule has 140 valence electrons. The number of fused-ring (bicyclic) bond motifs is 2. The number of benzene rings is 2. The summed E-state index contributed by atoms with van der Waals surface area (Å²) in [6.07, 6.45) is 5.79. The number of likely N-dealkylation sites (N-methyl/N-ethyl adjacent to an activating group) is 1. The summed E-state index contributed by atoms with van der Waals surface area (Å²) < 4.78 is 5.94. The van der Waals surface area contributed by atoms with Gasteiger partial charge < -0.3 is 9.64 Å². The van der Waals surface area contributed by atoms with Crippen LogP contribution in [0, 0.1) is 0 Å². The summed E-state index contributed by atoms with van der Waals surface area (Å²) in [6.45, 7) is 0. The van der Waals surface area contributed by atoms with Crippen LogP contribution in [0.15, 0.2) is 60.2 Å². The monoisotopic (exact) mass is 371 g/mol. The maximum atomic E-state index is 13.3. The molecule has 1 amide bonds. The van der Waals surface area contributed by atoms with E-state index in [2.05, 4.69) is 6.08 Å². The van der Waals surface area contributed by atoms with Crippen molar-refractivity contribution < 1.29 is 14.3 Å². The zero-order valence-corrected chi connectivity index (χ0v) is 15.8. The molecule has 0 aromatic heterocycles. The van der Waals surface area contributed by atoms with Gasteiger partial charge in [0.05, 0.1) is 16.8 Å². The van der Waals surface area contributed by atoms with Gasteiger partial charge in [0, 0.05) is 18.2 Å². The van der Waals surface area contributed by atoms with Crippen molar-refractivity contribution in [2.24, 2.45) is 0 Å². The van der Waals surface area contributed by atoms with Gasteiger partial charge in [0.15, 0.2) is 0 Å². The van der Waals surface area contributed by atoms with E-state index >= 15 is 0 Å². The minimum Gasteiger partial charge on any atom is -0.449 e. The van der Waals surface area contributed by atoms with Crippen molar-refractivity contribution >= 4 is 28.7 Å². The Balaban J connectivity index is 1.82. The number of amides is 1. The fraction of sp³-hybridized carbons (Fsp3) is 0.250. The van der Waals surface area contributed by atoms with Crippen LogP contribution in [-0.2, 0) is 9.53 Å². The molecular formula is C24H21NO3. The summed E-state index contributed by atoms with van der Waals surface area (Å²) in [5.41, 5.74) is 5.71. The van der Waals surface area contributed by atoms with Crippen molar-refractivity contribution in [3.63, 3.8) is 0 Å². The highest BCUT2D eigenvalue weighted by Crippen LogP contribution is 2.46. The highest BCUT2D eigenvalue weighted by Gasteiger charge is 2.40. The van der Waals surface area contributed by atoms with E-state index < -0.39 is 6.10 Å². The summed E-state index contributed by atoms with van der Waals surface area (Å²) in [5, 5.41) is 0. The SMILES string of the molecule is CN1C(=O)/C(=C2/c3ccccc3C(=O)OC2C2=CCCCC2)c2ccccc21. The molecule has 1 aliphatic carbocycles. The molecule has 0 bridgehead atoms. The van der Waals surface area contributed by atoms with Crippen LogP contribution in [0.3, 0.4) is 0 Å². The average molecular weight is 371 g/mol. The van der Waals surface area contributed by atoms with Crippen LogP contribution < -0.4 is 4.90 Å². The molecule has 2 heterocycles. The number of anilines is 1. The summed E-state index contributed by atoms with van der Waals surface area (Å²) in [4.78, 5) is 27.7. The molecule has 4 heteroatoms. The Morgan fingerprint density at radius 3 is 2.39 bits per heavy atom. The number of ether oxygens (including phenoxy) is 1. The van der Waals surface area contributed by atoms with Crippen molar-refractivity contribution in [3.05, 3.63) is 76.9 Å². The van der Waals surface area contributed by atoms with Gasteiger partial charge in [0.25, 0.3) is 5.91 Å². The molecule has 0 spiro atoms. The molecule has 5 rings (SSSR count). The first-order valence-electron chi connectivity index (χ1n) is 9.78. The predicted molar refractivity (Wildman–Crippen MR) is 109 cm³/mol. The van der Waals surface area contributed by atoms with Gasteiger partial charge in [-0.1, -0.05) is 42.5 Å². The molecule has 0 N–H and O–H groups in total. The molecule has 2 aromatic carbocycles. The zero-order valence-electron chi connectivity index (χ0n) is 15.8. The first-order chi connectivity index (χ1) is 13.7. The minimum absolute atomic E-state index is 0.0506. The lowest BCUT2D eigenvalue weighted by molar-refractivity contribution is -0.112. The van der Waals surface area contributed by atoms with Crippen LogP contribution in [0.2, 0.25) is 0 Å². The second kappa shape index (κ2) is 6.48. The number of nitrogens with zero attached hydrogens (tertiary/aromatic N) is 1. The lowest BCUT2D eigenvalue weighted by Gasteiger charge is -2.32. The number of para-hydroxylation sites is 1. The van der Waals surface area contributed by atoms with Crippen LogP contribution in [0.5, 0.6) is 0 Å². The Hall–Kier alpha value is -3.14. The quantitative estimate of drug-likeness (QED) is 0.418. The van der Waals surface area contributed by atoms with Crippen LogP contribution >= 0.6 is 0 Å². The number of rotatable bonds is 1. The third kappa shape index (κ3) is 2.44. The van der Waals surface area contributed by atoms with Crippen LogP contribution in [0.1, 0.15) is 47.2 Å². The van der Waals surface area contributed by atoms with Crippen molar-refractivity contribution in [2.75, 3.05) is 11.9 Å². The van der Waals surface area contributed by atoms with E-state index in [1.165, 1.54) is 0 Å². The van der Waals surface area contributed by atoms with E-state index in [0.717, 1.165) is 53.6 Å². The van der Waals surface area contributed by atoms with Gasteiger partial charge in [-0.15, -0.1) is 0 Å². The van der Waals surface area contributed by atoms with Crippen molar-refractivity contribution in [3.8, 4) is 0 Å². The highest BCUT2D eigenvalue weighted by molar-refractivity contribution is 6.38. The Kier molecular flexibility index (Phi) is 3.93. The second-order valence-electron chi connectivity index (χ2n) is 7.53. The number of hydrogen-bond acceptors (Lipinski definition) is 3. The molecule has 1 atom stereocenters. The van der Waals surface area contributed by atoms with E-state index in [1.807, 2.05) is 42.5 Å². The van der Waals surface area contributed by atoms with Gasteiger partial charge in [0.1, 0.15) is 6.10 Å². The molecule has 2 aromatic rings. The summed E-state index contributed by atoms with van der Waals surface area (Å²) in [6, 6.07) is 15.3. The topological polar surface area (TPSA) is 46.6 Å². The lowest BCUT2D eigenvalue weighted by atomic mass is 9.81. The van der Waals surface area contributed by atoms with E-state index in [1.54, 1.807) is 18.0 Å². The number of hydrogen-bond donors (Lipinski definition) is 0. The van der Waals surface area contributed by atoms with Gasteiger partial charge in [-0.2, -0.15) is 0 Å².